The summed E-state index contributed by atoms with van der Waals surface area (Å²) < 4.78 is 23.0. The molecule has 0 aliphatic heterocycles. The van der Waals surface area contributed by atoms with Gasteiger partial charge >= 0.3 is 6.09 Å². The lowest BCUT2D eigenvalue weighted by atomic mass is 10.1. The predicted octanol–water partition coefficient (Wildman–Crippen LogP) is 2.90. The van der Waals surface area contributed by atoms with Crippen molar-refractivity contribution in [2.75, 3.05) is 20.3 Å². The summed E-state index contributed by atoms with van der Waals surface area (Å²) in [7, 11) is 1.44. The Labute approximate surface area is 112 Å². The fraction of sp³-hybridized carbons (Fsp3) is 0.500. The first-order valence-corrected chi connectivity index (χ1v) is 6.40. The van der Waals surface area contributed by atoms with Crippen LogP contribution in [0.3, 0.4) is 0 Å². The van der Waals surface area contributed by atoms with Crippen molar-refractivity contribution in [1.82, 2.24) is 5.32 Å². The van der Waals surface area contributed by atoms with Crippen LogP contribution in [0.4, 0.5) is 9.18 Å². The van der Waals surface area contributed by atoms with E-state index in [1.165, 1.54) is 13.2 Å². The molecule has 0 fully saturated rings. The van der Waals surface area contributed by atoms with Crippen LogP contribution in [0.25, 0.3) is 0 Å². The number of amides is 1. The highest BCUT2D eigenvalue weighted by Crippen LogP contribution is 2.18. The Morgan fingerprint density at radius 1 is 1.37 bits per heavy atom. The van der Waals surface area contributed by atoms with Gasteiger partial charge in [-0.25, -0.2) is 9.18 Å². The molecule has 1 amide bonds. The number of halogens is 1. The summed E-state index contributed by atoms with van der Waals surface area (Å²) in [6.07, 6.45) is 2.08. The van der Waals surface area contributed by atoms with Gasteiger partial charge in [0.15, 0.2) is 11.6 Å². The number of unbranched alkanes of at least 4 members (excludes halogenated alkanes) is 1. The van der Waals surface area contributed by atoms with E-state index in [1.54, 1.807) is 13.0 Å². The number of hydrogen-bond acceptors (Lipinski definition) is 3. The highest BCUT2D eigenvalue weighted by molar-refractivity contribution is 5.66. The van der Waals surface area contributed by atoms with Crippen LogP contribution in [-0.2, 0) is 11.2 Å². The number of benzene rings is 1. The van der Waals surface area contributed by atoms with Crippen molar-refractivity contribution in [2.45, 2.75) is 26.2 Å². The summed E-state index contributed by atoms with van der Waals surface area (Å²) in [4.78, 5) is 11.0. The molecule has 0 saturated carbocycles. The number of hydrogen-bond donors (Lipinski definition) is 1. The van der Waals surface area contributed by atoms with Crippen LogP contribution >= 0.6 is 0 Å². The molecule has 19 heavy (non-hydrogen) atoms. The van der Waals surface area contributed by atoms with Crippen LogP contribution in [0.1, 0.15) is 25.3 Å². The molecule has 5 heteroatoms. The third kappa shape index (κ3) is 5.59. The van der Waals surface area contributed by atoms with Crippen molar-refractivity contribution in [3.63, 3.8) is 0 Å². The van der Waals surface area contributed by atoms with Gasteiger partial charge in [-0.2, -0.15) is 0 Å². The van der Waals surface area contributed by atoms with Gasteiger partial charge in [-0.15, -0.1) is 0 Å². The minimum Gasteiger partial charge on any atom is -0.494 e. The molecule has 0 spiro atoms. The van der Waals surface area contributed by atoms with Crippen molar-refractivity contribution in [3.05, 3.63) is 29.6 Å². The second-order valence-electron chi connectivity index (χ2n) is 4.07. The average molecular weight is 269 g/mol. The Morgan fingerprint density at radius 2 is 2.16 bits per heavy atom. The Balaban J connectivity index is 2.22. The second-order valence-corrected chi connectivity index (χ2v) is 4.07. The maximum atomic E-state index is 13.4. The molecule has 4 nitrogen and oxygen atoms in total. The Morgan fingerprint density at radius 3 is 2.79 bits per heavy atom. The third-order valence-electron chi connectivity index (χ3n) is 2.65. The monoisotopic (exact) mass is 269 g/mol. The molecule has 0 heterocycles. The molecule has 1 aromatic rings. The Kier molecular flexibility index (Phi) is 6.71. The van der Waals surface area contributed by atoms with E-state index in [9.17, 15) is 9.18 Å². The summed E-state index contributed by atoms with van der Waals surface area (Å²) in [6.45, 7) is 2.70. The van der Waals surface area contributed by atoms with Crippen LogP contribution in [0.2, 0.25) is 0 Å². The predicted molar refractivity (Wildman–Crippen MR) is 70.9 cm³/mol. The average Bonchev–Trinajstić information content (AvgIpc) is 2.39. The first-order chi connectivity index (χ1) is 9.17. The largest absolute Gasteiger partial charge is 0.494 e. The smallest absolute Gasteiger partial charge is 0.407 e. The Hall–Kier alpha value is -1.78. The lowest BCUT2D eigenvalue weighted by Crippen LogP contribution is -2.25. The van der Waals surface area contributed by atoms with Crippen molar-refractivity contribution >= 4 is 6.09 Å². The van der Waals surface area contributed by atoms with E-state index in [4.69, 9.17) is 9.47 Å². The van der Waals surface area contributed by atoms with Crippen LogP contribution < -0.4 is 10.1 Å². The van der Waals surface area contributed by atoms with E-state index in [0.29, 0.717) is 13.2 Å². The summed E-state index contributed by atoms with van der Waals surface area (Å²) in [5, 5.41) is 2.64. The topological polar surface area (TPSA) is 47.6 Å². The number of alkyl carbamates (subject to hydrolysis) is 1. The van der Waals surface area contributed by atoms with Gasteiger partial charge in [0.2, 0.25) is 0 Å². The molecule has 0 radical (unpaired) electrons. The molecule has 0 saturated heterocycles. The minimum absolute atomic E-state index is 0.257. The van der Waals surface area contributed by atoms with E-state index in [1.807, 2.05) is 6.07 Å². The first kappa shape index (κ1) is 15.3. The summed E-state index contributed by atoms with van der Waals surface area (Å²) in [6, 6.07) is 4.96. The Bertz CT molecular complexity index is 410. The molecule has 1 aromatic carbocycles. The molecule has 0 atom stereocenters. The van der Waals surface area contributed by atoms with E-state index in [0.717, 1.165) is 24.8 Å². The first-order valence-electron chi connectivity index (χ1n) is 6.40. The standard InChI is InChI=1S/C14H20FNO3/c1-3-19-14(17)16-9-5-4-6-11-7-8-13(18-2)12(15)10-11/h7-8,10H,3-6,9H2,1-2H3,(H,16,17). The number of nitrogens with one attached hydrogen (secondary N) is 1. The molecule has 0 unspecified atom stereocenters. The van der Waals surface area contributed by atoms with Crippen molar-refractivity contribution in [2.24, 2.45) is 0 Å². The van der Waals surface area contributed by atoms with Gasteiger partial charge in [-0.1, -0.05) is 6.07 Å². The molecule has 0 aliphatic rings. The van der Waals surface area contributed by atoms with Crippen molar-refractivity contribution in [3.8, 4) is 5.75 Å². The normalized spacial score (nSPS) is 10.1. The highest BCUT2D eigenvalue weighted by Gasteiger charge is 2.03. The van der Waals surface area contributed by atoms with Gasteiger partial charge < -0.3 is 14.8 Å². The van der Waals surface area contributed by atoms with E-state index < -0.39 is 6.09 Å². The number of rotatable bonds is 7. The van der Waals surface area contributed by atoms with Gasteiger partial charge in [0, 0.05) is 6.54 Å². The molecule has 106 valence electrons. The molecule has 0 aromatic heterocycles. The molecular formula is C14H20FNO3. The zero-order valence-corrected chi connectivity index (χ0v) is 11.4. The van der Waals surface area contributed by atoms with Crippen LogP contribution in [0.15, 0.2) is 18.2 Å². The van der Waals surface area contributed by atoms with Gasteiger partial charge in [-0.3, -0.25) is 0 Å². The van der Waals surface area contributed by atoms with E-state index in [2.05, 4.69) is 5.32 Å². The fourth-order valence-electron chi connectivity index (χ4n) is 1.69. The third-order valence-corrected chi connectivity index (χ3v) is 2.65. The van der Waals surface area contributed by atoms with Crippen molar-refractivity contribution in [1.29, 1.82) is 0 Å². The maximum absolute atomic E-state index is 13.4. The molecular weight excluding hydrogens is 249 g/mol. The van der Waals surface area contributed by atoms with Crippen LogP contribution in [0, 0.1) is 5.82 Å². The fourth-order valence-corrected chi connectivity index (χ4v) is 1.69. The number of aryl methyl sites for hydroxylation is 1. The highest BCUT2D eigenvalue weighted by atomic mass is 19.1. The second kappa shape index (κ2) is 8.34. The van der Waals surface area contributed by atoms with Gasteiger partial charge in [-0.05, 0) is 43.9 Å². The van der Waals surface area contributed by atoms with Gasteiger partial charge in [0.25, 0.3) is 0 Å². The number of ether oxygens (including phenoxy) is 2. The minimum atomic E-state index is -0.391. The molecule has 0 aliphatic carbocycles. The van der Waals surface area contributed by atoms with Gasteiger partial charge in [0.05, 0.1) is 13.7 Å². The van der Waals surface area contributed by atoms with Crippen molar-refractivity contribution < 1.29 is 18.7 Å². The maximum Gasteiger partial charge on any atom is 0.407 e. The zero-order chi connectivity index (χ0) is 14.1. The number of carbonyl (C=O) groups is 1. The SMILES string of the molecule is CCOC(=O)NCCCCc1ccc(OC)c(F)c1. The van der Waals surface area contributed by atoms with Crippen LogP contribution in [-0.4, -0.2) is 26.4 Å². The molecule has 0 bridgehead atoms. The molecule has 1 rings (SSSR count). The summed E-state index contributed by atoms with van der Waals surface area (Å²) in [5.74, 6) is -0.0858. The summed E-state index contributed by atoms with van der Waals surface area (Å²) >= 11 is 0. The molecule has 1 N–H and O–H groups in total. The summed E-state index contributed by atoms with van der Waals surface area (Å²) in [5.41, 5.74) is 0.925. The van der Waals surface area contributed by atoms with Crippen LogP contribution in [0.5, 0.6) is 5.75 Å². The van der Waals surface area contributed by atoms with E-state index in [-0.39, 0.29) is 11.6 Å². The zero-order valence-electron chi connectivity index (χ0n) is 11.4. The number of methoxy groups -OCH3 is 1. The number of carbonyl (C=O) groups excluding carboxylic acids is 1. The van der Waals surface area contributed by atoms with E-state index >= 15 is 0 Å². The lowest BCUT2D eigenvalue weighted by Gasteiger charge is -2.06. The quantitative estimate of drug-likeness (QED) is 0.774. The van der Waals surface area contributed by atoms with Gasteiger partial charge in [0.1, 0.15) is 0 Å². The lowest BCUT2D eigenvalue weighted by molar-refractivity contribution is 0.152.